The van der Waals surface area contributed by atoms with E-state index in [0.29, 0.717) is 5.56 Å². The quantitative estimate of drug-likeness (QED) is 0.866. The first-order chi connectivity index (χ1) is 6.73. The third kappa shape index (κ3) is 2.49. The maximum atomic E-state index is 11.3. The van der Waals surface area contributed by atoms with Gasteiger partial charge < -0.3 is 5.11 Å². The monoisotopic (exact) mass is 248 g/mol. The van der Waals surface area contributed by atoms with Gasteiger partial charge in [0.15, 0.2) is 9.84 Å². The van der Waals surface area contributed by atoms with Gasteiger partial charge in [-0.1, -0.05) is 11.6 Å². The fourth-order valence-corrected chi connectivity index (χ4v) is 2.44. The van der Waals surface area contributed by atoms with Gasteiger partial charge in [-0.05, 0) is 24.6 Å². The van der Waals surface area contributed by atoms with Crippen LogP contribution in [0.25, 0.3) is 0 Å². The molecule has 0 unspecified atom stereocenters. The zero-order valence-electron chi connectivity index (χ0n) is 8.11. The van der Waals surface area contributed by atoms with Crippen LogP contribution in [0.5, 0.6) is 0 Å². The van der Waals surface area contributed by atoms with E-state index < -0.39 is 15.8 Å². The molecule has 0 aliphatic carbocycles. The molecule has 1 aromatic rings. The van der Waals surface area contributed by atoms with Crippen LogP contribution in [-0.4, -0.2) is 25.7 Å². The van der Waals surface area contributed by atoms with E-state index in [-0.39, 0.29) is 15.5 Å². The summed E-state index contributed by atoms with van der Waals surface area (Å²) in [7, 11) is -3.46. The molecule has 0 aliphatic rings. The van der Waals surface area contributed by atoms with E-state index in [2.05, 4.69) is 0 Å². The fourth-order valence-electron chi connectivity index (χ4n) is 1.16. The van der Waals surface area contributed by atoms with Crippen LogP contribution in [0, 0.1) is 6.92 Å². The Morgan fingerprint density at radius 2 is 1.93 bits per heavy atom. The summed E-state index contributed by atoms with van der Waals surface area (Å²) < 4.78 is 22.7. The van der Waals surface area contributed by atoms with Gasteiger partial charge in [-0.15, -0.1) is 0 Å². The summed E-state index contributed by atoms with van der Waals surface area (Å²) in [6.07, 6.45) is 1.01. The van der Waals surface area contributed by atoms with Gasteiger partial charge in [0.1, 0.15) is 0 Å². The number of carbonyl (C=O) groups is 1. The van der Waals surface area contributed by atoms with Crippen LogP contribution in [0.3, 0.4) is 0 Å². The molecule has 0 atom stereocenters. The largest absolute Gasteiger partial charge is 0.478 e. The van der Waals surface area contributed by atoms with Crippen molar-refractivity contribution in [3.05, 3.63) is 28.3 Å². The molecule has 0 heterocycles. The van der Waals surface area contributed by atoms with Gasteiger partial charge in [-0.3, -0.25) is 0 Å². The molecule has 1 rings (SSSR count). The highest BCUT2D eigenvalue weighted by Gasteiger charge is 2.17. The lowest BCUT2D eigenvalue weighted by Crippen LogP contribution is -2.05. The highest BCUT2D eigenvalue weighted by Crippen LogP contribution is 2.25. The zero-order valence-corrected chi connectivity index (χ0v) is 9.69. The molecular weight excluding hydrogens is 240 g/mol. The highest BCUT2D eigenvalue weighted by molar-refractivity contribution is 7.90. The SMILES string of the molecule is Cc1c(Cl)cc(C(=O)O)cc1S(C)(=O)=O. The number of hydrogen-bond donors (Lipinski definition) is 1. The van der Waals surface area contributed by atoms with Crippen LogP contribution in [0.1, 0.15) is 15.9 Å². The molecule has 0 aromatic heterocycles. The van der Waals surface area contributed by atoms with E-state index in [1.54, 1.807) is 0 Å². The summed E-state index contributed by atoms with van der Waals surface area (Å²) in [4.78, 5) is 10.6. The van der Waals surface area contributed by atoms with Crippen LogP contribution >= 0.6 is 11.6 Å². The standard InChI is InChI=1S/C9H9ClO4S/c1-5-7(10)3-6(9(11)12)4-8(5)15(2,13)14/h3-4H,1-2H3,(H,11,12). The van der Waals surface area contributed by atoms with Crippen molar-refractivity contribution < 1.29 is 18.3 Å². The fraction of sp³-hybridized carbons (Fsp3) is 0.222. The van der Waals surface area contributed by atoms with Crippen LogP contribution in [0.4, 0.5) is 0 Å². The molecule has 6 heteroatoms. The highest BCUT2D eigenvalue weighted by atomic mass is 35.5. The zero-order chi connectivity index (χ0) is 11.8. The Balaban J connectivity index is 3.59. The predicted molar refractivity (Wildman–Crippen MR) is 56.3 cm³/mol. The van der Waals surface area contributed by atoms with Gasteiger partial charge in [0.25, 0.3) is 0 Å². The number of hydrogen-bond acceptors (Lipinski definition) is 3. The molecule has 0 saturated heterocycles. The van der Waals surface area contributed by atoms with Crippen LogP contribution in [-0.2, 0) is 9.84 Å². The Hall–Kier alpha value is -1.07. The third-order valence-corrected chi connectivity index (χ3v) is 3.56. The molecule has 4 nitrogen and oxygen atoms in total. The topological polar surface area (TPSA) is 71.4 Å². The molecule has 1 N–H and O–H groups in total. The van der Waals surface area contributed by atoms with Gasteiger partial charge in [0, 0.05) is 11.3 Å². The molecule has 15 heavy (non-hydrogen) atoms. The lowest BCUT2D eigenvalue weighted by atomic mass is 10.1. The van der Waals surface area contributed by atoms with E-state index in [4.69, 9.17) is 16.7 Å². The van der Waals surface area contributed by atoms with Crippen molar-refractivity contribution in [3.8, 4) is 0 Å². The van der Waals surface area contributed by atoms with E-state index >= 15 is 0 Å². The van der Waals surface area contributed by atoms with E-state index in [9.17, 15) is 13.2 Å². The second-order valence-corrected chi connectivity index (χ2v) is 5.55. The van der Waals surface area contributed by atoms with Crippen molar-refractivity contribution in [2.45, 2.75) is 11.8 Å². The first kappa shape index (κ1) is 12.0. The van der Waals surface area contributed by atoms with Crippen molar-refractivity contribution in [1.29, 1.82) is 0 Å². The maximum absolute atomic E-state index is 11.3. The Kier molecular flexibility index (Phi) is 3.06. The number of sulfone groups is 1. The summed E-state index contributed by atoms with van der Waals surface area (Å²) in [6, 6.07) is 2.34. The Morgan fingerprint density at radius 1 is 1.40 bits per heavy atom. The minimum Gasteiger partial charge on any atom is -0.478 e. The number of halogens is 1. The Labute approximate surface area is 92.4 Å². The number of rotatable bonds is 2. The molecule has 0 amide bonds. The van der Waals surface area contributed by atoms with Crippen LogP contribution < -0.4 is 0 Å². The smallest absolute Gasteiger partial charge is 0.335 e. The lowest BCUT2D eigenvalue weighted by Gasteiger charge is -2.07. The lowest BCUT2D eigenvalue weighted by molar-refractivity contribution is 0.0696. The minimum atomic E-state index is -3.46. The van der Waals surface area contributed by atoms with Crippen LogP contribution in [0.2, 0.25) is 5.02 Å². The normalized spacial score (nSPS) is 11.4. The summed E-state index contributed by atoms with van der Waals surface area (Å²) in [5.41, 5.74) is 0.232. The van der Waals surface area contributed by atoms with E-state index in [1.165, 1.54) is 13.0 Å². The molecule has 0 spiro atoms. The molecule has 0 saturated carbocycles. The summed E-state index contributed by atoms with van der Waals surface area (Å²) >= 11 is 5.74. The van der Waals surface area contributed by atoms with Crippen molar-refractivity contribution in [2.24, 2.45) is 0 Å². The molecular formula is C9H9ClO4S. The van der Waals surface area contributed by atoms with Crippen molar-refractivity contribution in [2.75, 3.05) is 6.26 Å². The summed E-state index contributed by atoms with van der Waals surface area (Å²) in [5.74, 6) is -1.21. The van der Waals surface area contributed by atoms with Gasteiger partial charge in [0.05, 0.1) is 10.5 Å². The summed E-state index contributed by atoms with van der Waals surface area (Å²) in [5, 5.41) is 8.87. The van der Waals surface area contributed by atoms with Gasteiger partial charge in [-0.25, -0.2) is 13.2 Å². The second-order valence-electron chi connectivity index (χ2n) is 3.16. The third-order valence-electron chi connectivity index (χ3n) is 1.94. The van der Waals surface area contributed by atoms with Crippen molar-refractivity contribution >= 4 is 27.4 Å². The minimum absolute atomic E-state index is 0.0487. The molecule has 0 bridgehead atoms. The Bertz CT molecular complexity index is 519. The maximum Gasteiger partial charge on any atom is 0.335 e. The number of benzene rings is 1. The number of carboxylic acids is 1. The number of aromatic carboxylic acids is 1. The molecule has 0 fully saturated rings. The van der Waals surface area contributed by atoms with E-state index in [1.807, 2.05) is 0 Å². The van der Waals surface area contributed by atoms with Gasteiger partial charge >= 0.3 is 5.97 Å². The molecule has 1 aromatic carbocycles. The predicted octanol–water partition coefficient (Wildman–Crippen LogP) is 1.75. The van der Waals surface area contributed by atoms with Crippen molar-refractivity contribution in [1.82, 2.24) is 0 Å². The van der Waals surface area contributed by atoms with Crippen molar-refractivity contribution in [3.63, 3.8) is 0 Å². The first-order valence-corrected chi connectivity index (χ1v) is 6.24. The van der Waals surface area contributed by atoms with Gasteiger partial charge in [-0.2, -0.15) is 0 Å². The number of carboxylic acid groups (broad SMARTS) is 1. The average molecular weight is 249 g/mol. The average Bonchev–Trinajstić information content (AvgIpc) is 2.06. The first-order valence-electron chi connectivity index (χ1n) is 3.97. The molecule has 82 valence electrons. The van der Waals surface area contributed by atoms with Crippen LogP contribution in [0.15, 0.2) is 17.0 Å². The molecule has 0 aliphatic heterocycles. The van der Waals surface area contributed by atoms with E-state index in [0.717, 1.165) is 12.3 Å². The van der Waals surface area contributed by atoms with Gasteiger partial charge in [0.2, 0.25) is 0 Å². The second kappa shape index (κ2) is 3.83. The summed E-state index contributed by atoms with van der Waals surface area (Å²) in [6.45, 7) is 1.53. The Morgan fingerprint density at radius 3 is 2.33 bits per heavy atom. The molecule has 0 radical (unpaired) electrons.